The molecule has 0 aliphatic carbocycles. The van der Waals surface area contributed by atoms with Gasteiger partial charge in [0.1, 0.15) is 30.0 Å². The van der Waals surface area contributed by atoms with Crippen molar-refractivity contribution in [3.05, 3.63) is 82.3 Å². The molecule has 8 heteroatoms. The van der Waals surface area contributed by atoms with Crippen LogP contribution in [0.25, 0.3) is 22.7 Å². The number of nitrogens with zero attached hydrogens (tertiary/aromatic N) is 2. The quantitative estimate of drug-likeness (QED) is 0.170. The molecule has 0 saturated carbocycles. The van der Waals surface area contributed by atoms with Gasteiger partial charge in [-0.2, -0.15) is 5.26 Å². The summed E-state index contributed by atoms with van der Waals surface area (Å²) in [5.41, 5.74) is 4.10. The van der Waals surface area contributed by atoms with Gasteiger partial charge >= 0.3 is 0 Å². The average molecular weight is 759 g/mol. The summed E-state index contributed by atoms with van der Waals surface area (Å²) in [6, 6.07) is 20.1. The molecule has 0 fully saturated rings. The summed E-state index contributed by atoms with van der Waals surface area (Å²) < 4.78 is 14.5. The molecule has 0 aliphatic rings. The first-order valence-electron chi connectivity index (χ1n) is 9.49. The third-order valence-electron chi connectivity index (χ3n) is 4.69. The first-order chi connectivity index (χ1) is 15.5. The molecular weight excluding hydrogens is 743 g/mol. The molecule has 0 amide bonds. The monoisotopic (exact) mass is 759 g/mol. The predicted molar refractivity (Wildman–Crippen MR) is 151 cm³/mol. The van der Waals surface area contributed by atoms with Crippen molar-refractivity contribution in [1.82, 2.24) is 9.97 Å². The van der Waals surface area contributed by atoms with Gasteiger partial charge in [0.25, 0.3) is 0 Å². The van der Waals surface area contributed by atoms with Gasteiger partial charge < -0.3 is 14.5 Å². The molecule has 3 aromatic carbocycles. The maximum atomic E-state index is 9.76. The molecule has 0 spiro atoms. The Morgan fingerprint density at radius 3 is 2.44 bits per heavy atom. The lowest BCUT2D eigenvalue weighted by molar-refractivity contribution is 0.301. The second kappa shape index (κ2) is 10.4. The molecule has 4 aromatic rings. The van der Waals surface area contributed by atoms with Gasteiger partial charge in [0, 0.05) is 9.64 Å². The van der Waals surface area contributed by atoms with E-state index in [2.05, 4.69) is 108 Å². The fraction of sp³-hybridized carbons (Fsp3) is 0.0833. The van der Waals surface area contributed by atoms with Crippen LogP contribution < -0.4 is 9.47 Å². The number of nitriles is 1. The van der Waals surface area contributed by atoms with E-state index in [1.165, 1.54) is 3.57 Å². The number of allylic oxidation sites excluding steroid dienone is 1. The van der Waals surface area contributed by atoms with E-state index >= 15 is 0 Å². The van der Waals surface area contributed by atoms with Gasteiger partial charge in [-0.1, -0.05) is 12.1 Å². The Morgan fingerprint density at radius 2 is 1.78 bits per heavy atom. The van der Waals surface area contributed by atoms with Gasteiger partial charge in [-0.05, 0) is 121 Å². The van der Waals surface area contributed by atoms with E-state index in [1.54, 1.807) is 7.11 Å². The van der Waals surface area contributed by atoms with E-state index < -0.39 is 0 Å². The maximum absolute atomic E-state index is 9.76. The highest BCUT2D eigenvalue weighted by Crippen LogP contribution is 2.31. The van der Waals surface area contributed by atoms with Gasteiger partial charge in [-0.25, -0.2) is 4.98 Å². The summed E-state index contributed by atoms with van der Waals surface area (Å²) in [5.74, 6) is 2.11. The van der Waals surface area contributed by atoms with Crippen LogP contribution in [-0.2, 0) is 6.61 Å². The van der Waals surface area contributed by atoms with Crippen LogP contribution in [0.2, 0.25) is 0 Å². The van der Waals surface area contributed by atoms with Crippen molar-refractivity contribution in [3.63, 3.8) is 0 Å². The number of benzene rings is 3. The van der Waals surface area contributed by atoms with Crippen LogP contribution in [0.15, 0.2) is 54.6 Å². The van der Waals surface area contributed by atoms with Crippen molar-refractivity contribution < 1.29 is 9.47 Å². The zero-order valence-electron chi connectivity index (χ0n) is 16.8. The number of rotatable bonds is 6. The number of nitrogens with one attached hydrogen (secondary N) is 1. The largest absolute Gasteiger partial charge is 0.497 e. The Bertz CT molecular complexity index is 1330. The van der Waals surface area contributed by atoms with Crippen LogP contribution in [0, 0.1) is 22.0 Å². The minimum Gasteiger partial charge on any atom is -0.497 e. The molecular formula is C24H16I3N3O2. The lowest BCUT2D eigenvalue weighted by Crippen LogP contribution is -1.99. The van der Waals surface area contributed by atoms with Crippen LogP contribution in [0.1, 0.15) is 17.0 Å². The Labute approximate surface area is 226 Å². The Morgan fingerprint density at radius 1 is 1.06 bits per heavy atom. The topological polar surface area (TPSA) is 70.9 Å². The van der Waals surface area contributed by atoms with Crippen LogP contribution in [-0.4, -0.2) is 17.1 Å². The Kier molecular flexibility index (Phi) is 7.57. The molecule has 0 aliphatic heterocycles. The van der Waals surface area contributed by atoms with E-state index in [9.17, 15) is 5.26 Å². The molecule has 1 aromatic heterocycles. The molecule has 0 saturated heterocycles. The second-order valence-corrected chi connectivity index (χ2v) is 10.4. The maximum Gasteiger partial charge on any atom is 0.149 e. The van der Waals surface area contributed by atoms with Gasteiger partial charge in [0.2, 0.25) is 0 Å². The van der Waals surface area contributed by atoms with E-state index in [4.69, 9.17) is 9.47 Å². The summed E-state index contributed by atoms with van der Waals surface area (Å²) >= 11 is 6.83. The van der Waals surface area contributed by atoms with E-state index in [0.717, 1.165) is 40.8 Å². The number of methoxy groups -OCH3 is 1. The standard InChI is InChI=1S/C24H16I3N3O2/c1-31-18-6-7-21-22(11-18)30-24(29-21)16(12-28)8-15-9-19(26)23(20(27)10-15)32-13-14-2-4-17(25)5-3-14/h2-11H,13H2,1H3,(H,29,30)/b16-8-. The van der Waals surface area contributed by atoms with Crippen LogP contribution >= 0.6 is 67.8 Å². The summed E-state index contributed by atoms with van der Waals surface area (Å²) in [7, 11) is 1.62. The molecule has 1 heterocycles. The summed E-state index contributed by atoms with van der Waals surface area (Å²) in [6.07, 6.45) is 1.84. The number of imidazole rings is 1. The second-order valence-electron chi connectivity index (χ2n) is 6.87. The molecule has 0 atom stereocenters. The highest BCUT2D eigenvalue weighted by atomic mass is 127. The fourth-order valence-corrected chi connectivity index (χ4v) is 5.59. The third-order valence-corrected chi connectivity index (χ3v) is 7.01. The molecule has 4 rings (SSSR count). The summed E-state index contributed by atoms with van der Waals surface area (Å²) in [6.45, 7) is 0.504. The fourth-order valence-electron chi connectivity index (χ4n) is 3.10. The van der Waals surface area contributed by atoms with Crippen molar-refractivity contribution in [2.45, 2.75) is 6.61 Å². The van der Waals surface area contributed by atoms with Crippen LogP contribution in [0.5, 0.6) is 11.5 Å². The number of H-pyrrole nitrogens is 1. The lowest BCUT2D eigenvalue weighted by Gasteiger charge is -2.12. The highest BCUT2D eigenvalue weighted by Gasteiger charge is 2.12. The van der Waals surface area contributed by atoms with E-state index in [1.807, 2.05) is 36.4 Å². The lowest BCUT2D eigenvalue weighted by atomic mass is 10.1. The molecule has 160 valence electrons. The number of halogens is 3. The van der Waals surface area contributed by atoms with Crippen LogP contribution in [0.4, 0.5) is 0 Å². The zero-order valence-corrected chi connectivity index (χ0v) is 23.3. The number of fused-ring (bicyclic) bond motifs is 1. The number of ether oxygens (including phenoxy) is 2. The zero-order chi connectivity index (χ0) is 22.7. The first kappa shape index (κ1) is 23.3. The predicted octanol–water partition coefficient (Wildman–Crippen LogP) is 7.03. The first-order valence-corrected chi connectivity index (χ1v) is 12.7. The minimum absolute atomic E-state index is 0.458. The van der Waals surface area contributed by atoms with Crippen molar-refractivity contribution in [1.29, 1.82) is 5.26 Å². The molecule has 0 bridgehead atoms. The molecule has 0 unspecified atom stereocenters. The van der Waals surface area contributed by atoms with Crippen molar-refractivity contribution in [2.75, 3.05) is 7.11 Å². The van der Waals surface area contributed by atoms with E-state index in [0.29, 0.717) is 18.0 Å². The molecule has 1 N–H and O–H groups in total. The number of aromatic amines is 1. The van der Waals surface area contributed by atoms with E-state index in [-0.39, 0.29) is 0 Å². The van der Waals surface area contributed by atoms with Crippen molar-refractivity contribution in [2.24, 2.45) is 0 Å². The van der Waals surface area contributed by atoms with Gasteiger partial charge in [0.15, 0.2) is 0 Å². The van der Waals surface area contributed by atoms with Crippen molar-refractivity contribution in [3.8, 4) is 17.6 Å². The molecule has 5 nitrogen and oxygen atoms in total. The summed E-state index contributed by atoms with van der Waals surface area (Å²) in [4.78, 5) is 7.77. The highest BCUT2D eigenvalue weighted by molar-refractivity contribution is 14.1. The smallest absolute Gasteiger partial charge is 0.149 e. The number of hydrogen-bond donors (Lipinski definition) is 1. The van der Waals surface area contributed by atoms with Crippen LogP contribution in [0.3, 0.4) is 0 Å². The van der Waals surface area contributed by atoms with Gasteiger partial charge in [0.05, 0.1) is 30.9 Å². The summed E-state index contributed by atoms with van der Waals surface area (Å²) in [5, 5.41) is 9.76. The number of hydrogen-bond acceptors (Lipinski definition) is 4. The number of aromatic nitrogens is 2. The molecule has 32 heavy (non-hydrogen) atoms. The SMILES string of the molecule is COc1ccc2nc(/C(C#N)=C\c3cc(I)c(OCc4ccc(I)cc4)c(I)c3)[nH]c2c1. The van der Waals surface area contributed by atoms with Crippen molar-refractivity contribution >= 4 is 90.5 Å². The average Bonchev–Trinajstić information content (AvgIpc) is 3.21. The normalized spacial score (nSPS) is 11.4. The minimum atomic E-state index is 0.458. The van der Waals surface area contributed by atoms with Gasteiger partial charge in [-0.15, -0.1) is 0 Å². The van der Waals surface area contributed by atoms with Gasteiger partial charge in [-0.3, -0.25) is 0 Å². The molecule has 0 radical (unpaired) electrons. The Hall–Kier alpha value is -1.85. The third kappa shape index (κ3) is 5.37. The Balaban J connectivity index is 1.60.